The van der Waals surface area contributed by atoms with Crippen LogP contribution in [0.3, 0.4) is 0 Å². The molecule has 0 bridgehead atoms. The number of hydrogen-bond acceptors (Lipinski definition) is 4. The molecule has 3 aromatic rings. The third-order valence-electron chi connectivity index (χ3n) is 4.53. The number of rotatable bonds is 8. The molecule has 5 nitrogen and oxygen atoms in total. The summed E-state index contributed by atoms with van der Waals surface area (Å²) in [4.78, 5) is 11.9. The van der Waals surface area contributed by atoms with Gasteiger partial charge in [0.2, 0.25) is 5.91 Å². The average molecular weight is 395 g/mol. The fourth-order valence-corrected chi connectivity index (χ4v) is 3.92. The Kier molecular flexibility index (Phi) is 6.87. The number of hydrogen-bond donors (Lipinski definition) is 1. The molecule has 1 amide bonds. The number of nitrogens with one attached hydrogen (secondary N) is 1. The van der Waals surface area contributed by atoms with Crippen molar-refractivity contribution in [3.63, 3.8) is 0 Å². The van der Waals surface area contributed by atoms with Crippen molar-refractivity contribution in [3.8, 4) is 5.69 Å². The van der Waals surface area contributed by atoms with Gasteiger partial charge < -0.3 is 5.32 Å². The van der Waals surface area contributed by atoms with E-state index >= 15 is 0 Å². The van der Waals surface area contributed by atoms with E-state index < -0.39 is 0 Å². The second-order valence-corrected chi connectivity index (χ2v) is 7.75. The summed E-state index contributed by atoms with van der Waals surface area (Å²) < 4.78 is 2.04. The fourth-order valence-electron chi connectivity index (χ4n) is 2.87. The fraction of sp³-hybridized carbons (Fsp3) is 0.318. The molecule has 1 aromatic heterocycles. The predicted molar refractivity (Wildman–Crippen MR) is 114 cm³/mol. The molecule has 0 aliphatic heterocycles. The van der Waals surface area contributed by atoms with Crippen molar-refractivity contribution < 1.29 is 4.79 Å². The van der Waals surface area contributed by atoms with Gasteiger partial charge in [-0.25, -0.2) is 0 Å². The van der Waals surface area contributed by atoms with Gasteiger partial charge in [0.15, 0.2) is 11.0 Å². The highest BCUT2D eigenvalue weighted by molar-refractivity contribution is 7.98. The van der Waals surface area contributed by atoms with Gasteiger partial charge in [-0.2, -0.15) is 0 Å². The molecule has 2 aromatic carbocycles. The van der Waals surface area contributed by atoms with E-state index in [4.69, 9.17) is 0 Å². The standard InChI is InChI=1S/C22H26N4OS/c1-4-7-21(27)23-14-20-24-25-22(26(20)19-12-10-16(2)11-13-19)28-15-18-9-6-5-8-17(18)3/h5-6,8-13H,4,7,14-15H2,1-3H3,(H,23,27). The molecule has 1 heterocycles. The van der Waals surface area contributed by atoms with Crippen LogP contribution in [0.15, 0.2) is 53.7 Å². The van der Waals surface area contributed by atoms with Gasteiger partial charge in [-0.05, 0) is 43.5 Å². The summed E-state index contributed by atoms with van der Waals surface area (Å²) in [7, 11) is 0. The highest BCUT2D eigenvalue weighted by atomic mass is 32.2. The van der Waals surface area contributed by atoms with E-state index in [1.165, 1.54) is 16.7 Å². The molecule has 0 saturated heterocycles. The molecule has 0 aliphatic carbocycles. The summed E-state index contributed by atoms with van der Waals surface area (Å²) in [6.45, 7) is 6.55. The van der Waals surface area contributed by atoms with Crippen LogP contribution in [0.25, 0.3) is 5.69 Å². The summed E-state index contributed by atoms with van der Waals surface area (Å²) in [6.07, 6.45) is 1.35. The minimum atomic E-state index is 0.0371. The number of aryl methyl sites for hydroxylation is 2. The van der Waals surface area contributed by atoms with Crippen LogP contribution in [0.1, 0.15) is 42.3 Å². The lowest BCUT2D eigenvalue weighted by Gasteiger charge is -2.12. The zero-order valence-corrected chi connectivity index (χ0v) is 17.4. The third kappa shape index (κ3) is 5.01. The Morgan fingerprint density at radius 2 is 1.82 bits per heavy atom. The first kappa shape index (κ1) is 20.1. The maximum atomic E-state index is 11.9. The van der Waals surface area contributed by atoms with Gasteiger partial charge in [-0.15, -0.1) is 10.2 Å². The Morgan fingerprint density at radius 1 is 1.07 bits per heavy atom. The molecule has 6 heteroatoms. The minimum absolute atomic E-state index is 0.0371. The highest BCUT2D eigenvalue weighted by Gasteiger charge is 2.15. The Morgan fingerprint density at radius 3 is 2.54 bits per heavy atom. The normalized spacial score (nSPS) is 10.8. The monoisotopic (exact) mass is 394 g/mol. The van der Waals surface area contributed by atoms with Crippen molar-refractivity contribution in [2.45, 2.75) is 51.1 Å². The molecule has 3 rings (SSSR count). The molecule has 0 spiro atoms. The smallest absolute Gasteiger partial charge is 0.220 e. The van der Waals surface area contributed by atoms with E-state index in [9.17, 15) is 4.79 Å². The molecule has 146 valence electrons. The zero-order chi connectivity index (χ0) is 19.9. The molecule has 0 atom stereocenters. The maximum absolute atomic E-state index is 11.9. The van der Waals surface area contributed by atoms with E-state index in [1.807, 2.05) is 11.5 Å². The molecule has 0 radical (unpaired) electrons. The van der Waals surface area contributed by atoms with Crippen LogP contribution in [0, 0.1) is 13.8 Å². The number of benzene rings is 2. The SMILES string of the molecule is CCCC(=O)NCc1nnc(SCc2ccccc2C)n1-c1ccc(C)cc1. The summed E-state index contributed by atoms with van der Waals surface area (Å²) >= 11 is 1.66. The van der Waals surface area contributed by atoms with E-state index in [-0.39, 0.29) is 5.91 Å². The van der Waals surface area contributed by atoms with Gasteiger partial charge in [0.25, 0.3) is 0 Å². The van der Waals surface area contributed by atoms with Crippen molar-refractivity contribution in [2.24, 2.45) is 0 Å². The van der Waals surface area contributed by atoms with E-state index in [0.29, 0.717) is 13.0 Å². The van der Waals surface area contributed by atoms with Crippen molar-refractivity contribution in [1.29, 1.82) is 0 Å². The second-order valence-electron chi connectivity index (χ2n) is 6.81. The van der Waals surface area contributed by atoms with Crippen molar-refractivity contribution in [2.75, 3.05) is 0 Å². The van der Waals surface area contributed by atoms with Gasteiger partial charge in [0, 0.05) is 17.9 Å². The summed E-state index contributed by atoms with van der Waals surface area (Å²) in [5.41, 5.74) is 4.75. The largest absolute Gasteiger partial charge is 0.349 e. The van der Waals surface area contributed by atoms with Crippen molar-refractivity contribution >= 4 is 17.7 Å². The number of thioether (sulfide) groups is 1. The van der Waals surface area contributed by atoms with Crippen LogP contribution in [0.2, 0.25) is 0 Å². The number of carbonyl (C=O) groups is 1. The molecular weight excluding hydrogens is 368 g/mol. The Balaban J connectivity index is 1.85. The minimum Gasteiger partial charge on any atom is -0.349 e. The van der Waals surface area contributed by atoms with Crippen molar-refractivity contribution in [1.82, 2.24) is 20.1 Å². The average Bonchev–Trinajstić information content (AvgIpc) is 3.09. The summed E-state index contributed by atoms with van der Waals surface area (Å²) in [5.74, 6) is 1.59. The molecule has 0 unspecified atom stereocenters. The van der Waals surface area contributed by atoms with Crippen LogP contribution in [0.4, 0.5) is 0 Å². The lowest BCUT2D eigenvalue weighted by Crippen LogP contribution is -2.24. The van der Waals surface area contributed by atoms with E-state index in [2.05, 4.69) is 77.9 Å². The van der Waals surface area contributed by atoms with Crippen LogP contribution in [-0.2, 0) is 17.1 Å². The number of nitrogens with zero attached hydrogens (tertiary/aromatic N) is 3. The van der Waals surface area contributed by atoms with E-state index in [1.54, 1.807) is 11.8 Å². The topological polar surface area (TPSA) is 59.8 Å². The third-order valence-corrected chi connectivity index (χ3v) is 5.51. The second kappa shape index (κ2) is 9.55. The number of amides is 1. The summed E-state index contributed by atoms with van der Waals surface area (Å²) in [5, 5.41) is 12.5. The zero-order valence-electron chi connectivity index (χ0n) is 16.6. The van der Waals surface area contributed by atoms with Gasteiger partial charge >= 0.3 is 0 Å². The van der Waals surface area contributed by atoms with Crippen molar-refractivity contribution in [3.05, 3.63) is 71.0 Å². The lowest BCUT2D eigenvalue weighted by atomic mass is 10.1. The maximum Gasteiger partial charge on any atom is 0.220 e. The Bertz CT molecular complexity index is 934. The first-order valence-corrected chi connectivity index (χ1v) is 10.5. The van der Waals surface area contributed by atoms with Gasteiger partial charge in [-0.3, -0.25) is 9.36 Å². The lowest BCUT2D eigenvalue weighted by molar-refractivity contribution is -0.121. The van der Waals surface area contributed by atoms with Crippen LogP contribution >= 0.6 is 11.8 Å². The summed E-state index contributed by atoms with van der Waals surface area (Å²) in [6, 6.07) is 16.6. The molecule has 0 saturated carbocycles. The predicted octanol–water partition coefficient (Wildman–Crippen LogP) is 4.59. The van der Waals surface area contributed by atoms with Crippen LogP contribution in [0.5, 0.6) is 0 Å². The van der Waals surface area contributed by atoms with Gasteiger partial charge in [0.1, 0.15) is 0 Å². The molecule has 28 heavy (non-hydrogen) atoms. The first-order chi connectivity index (χ1) is 13.6. The molecule has 0 aliphatic rings. The number of aromatic nitrogens is 3. The van der Waals surface area contributed by atoms with Gasteiger partial charge in [0.05, 0.1) is 6.54 Å². The highest BCUT2D eigenvalue weighted by Crippen LogP contribution is 2.26. The van der Waals surface area contributed by atoms with Gasteiger partial charge in [-0.1, -0.05) is 60.6 Å². The first-order valence-electron chi connectivity index (χ1n) is 9.53. The molecule has 0 fully saturated rings. The Hall–Kier alpha value is -2.60. The number of carbonyl (C=O) groups excluding carboxylic acids is 1. The van der Waals surface area contributed by atoms with Crippen LogP contribution < -0.4 is 5.32 Å². The molecule has 1 N–H and O–H groups in total. The Labute approximate surface area is 170 Å². The molecular formula is C22H26N4OS. The quantitative estimate of drug-likeness (QED) is 0.568. The van der Waals surface area contributed by atoms with Crippen LogP contribution in [-0.4, -0.2) is 20.7 Å². The van der Waals surface area contributed by atoms with E-state index in [0.717, 1.165) is 28.8 Å².